The number of nitrogens with zero attached hydrogens (tertiary/aromatic N) is 2. The van der Waals surface area contributed by atoms with Gasteiger partial charge < -0.3 is 5.11 Å². The highest BCUT2D eigenvalue weighted by Crippen LogP contribution is 2.42. The van der Waals surface area contributed by atoms with Crippen LogP contribution >= 0.6 is 11.6 Å². The molecule has 1 aliphatic heterocycles. The molecule has 0 spiro atoms. The molecule has 1 unspecified atom stereocenters. The number of aliphatic hydroxyl groups is 1. The average molecular weight is 437 g/mol. The van der Waals surface area contributed by atoms with Crippen molar-refractivity contribution in [2.75, 3.05) is 4.90 Å². The maximum Gasteiger partial charge on any atom is 0.300 e. The van der Waals surface area contributed by atoms with Crippen LogP contribution < -0.4 is 4.90 Å². The predicted octanol–water partition coefficient (Wildman–Crippen LogP) is 5.12. The Morgan fingerprint density at radius 2 is 1.87 bits per heavy atom. The number of rotatable bonds is 3. The molecule has 2 heterocycles. The van der Waals surface area contributed by atoms with E-state index in [1.807, 2.05) is 19.9 Å². The van der Waals surface area contributed by atoms with Crippen molar-refractivity contribution < 1.29 is 19.1 Å². The minimum atomic E-state index is -0.947. The van der Waals surface area contributed by atoms with Crippen LogP contribution in [0.1, 0.15) is 28.3 Å². The van der Waals surface area contributed by atoms with Crippen molar-refractivity contribution in [3.63, 3.8) is 0 Å². The number of benzene rings is 2. The lowest BCUT2D eigenvalue weighted by molar-refractivity contribution is -0.132. The summed E-state index contributed by atoms with van der Waals surface area (Å²) >= 11 is 5.93. The lowest BCUT2D eigenvalue weighted by atomic mass is 9.95. The summed E-state index contributed by atoms with van der Waals surface area (Å²) in [6, 6.07) is 11.5. The van der Waals surface area contributed by atoms with Crippen molar-refractivity contribution in [1.82, 2.24) is 4.98 Å². The van der Waals surface area contributed by atoms with Crippen LogP contribution in [0.5, 0.6) is 0 Å². The second-order valence-electron chi connectivity index (χ2n) is 7.35. The minimum absolute atomic E-state index is 0.0679. The number of carbonyl (C=O) groups excluding carboxylic acids is 2. The Kier molecular flexibility index (Phi) is 5.33. The normalized spacial score (nSPS) is 17.9. The smallest absolute Gasteiger partial charge is 0.300 e. The molecule has 3 aromatic rings. The molecule has 0 aliphatic carbocycles. The van der Waals surface area contributed by atoms with Gasteiger partial charge in [0.1, 0.15) is 11.6 Å². The largest absolute Gasteiger partial charge is 0.507 e. The Labute approximate surface area is 183 Å². The predicted molar refractivity (Wildman–Crippen MR) is 116 cm³/mol. The molecular formula is C24H18ClFN2O3. The maximum absolute atomic E-state index is 13.7. The first-order valence-electron chi connectivity index (χ1n) is 9.53. The molecule has 1 atom stereocenters. The summed E-state index contributed by atoms with van der Waals surface area (Å²) in [5.74, 6) is -2.62. The van der Waals surface area contributed by atoms with Crippen LogP contribution in [0.3, 0.4) is 0 Å². The van der Waals surface area contributed by atoms with Crippen LogP contribution in [0.15, 0.2) is 66.5 Å². The molecular weight excluding hydrogens is 419 g/mol. The summed E-state index contributed by atoms with van der Waals surface area (Å²) in [5.41, 5.74) is 3.08. The van der Waals surface area contributed by atoms with Crippen molar-refractivity contribution in [1.29, 1.82) is 0 Å². The summed E-state index contributed by atoms with van der Waals surface area (Å²) in [5, 5.41) is 10.9. The molecule has 1 aromatic heterocycles. The number of pyridine rings is 1. The standard InChI is InChI=1S/C24H18ClFN2O3/c1-13-5-6-15(10-14(13)2)22(29)20-21(16-4-3-9-27-12-16)28(24(31)23(20)30)17-7-8-19(26)18(25)11-17/h3-12,21,29H,1-2H3/b22-20+. The third-order valence-electron chi connectivity index (χ3n) is 5.41. The van der Waals surface area contributed by atoms with E-state index in [2.05, 4.69) is 4.98 Å². The molecule has 31 heavy (non-hydrogen) atoms. The molecule has 4 rings (SSSR count). The van der Waals surface area contributed by atoms with Gasteiger partial charge in [-0.25, -0.2) is 4.39 Å². The average Bonchev–Trinajstić information content (AvgIpc) is 3.03. The van der Waals surface area contributed by atoms with Crippen molar-refractivity contribution >= 4 is 34.7 Å². The van der Waals surface area contributed by atoms with Gasteiger partial charge in [-0.3, -0.25) is 19.5 Å². The Morgan fingerprint density at radius 3 is 2.52 bits per heavy atom. The number of aromatic nitrogens is 1. The molecule has 0 bridgehead atoms. The van der Waals surface area contributed by atoms with E-state index >= 15 is 0 Å². The fourth-order valence-electron chi connectivity index (χ4n) is 3.63. The molecule has 1 N–H and O–H groups in total. The van der Waals surface area contributed by atoms with Gasteiger partial charge in [0.15, 0.2) is 0 Å². The van der Waals surface area contributed by atoms with E-state index in [1.165, 1.54) is 23.2 Å². The SMILES string of the molecule is Cc1ccc(/C(O)=C2\C(=O)C(=O)N(c3ccc(F)c(Cl)c3)C2c2cccnc2)cc1C. The molecule has 7 heteroatoms. The van der Waals surface area contributed by atoms with Crippen molar-refractivity contribution in [2.24, 2.45) is 0 Å². The summed E-state index contributed by atoms with van der Waals surface area (Å²) in [6.07, 6.45) is 3.08. The van der Waals surface area contributed by atoms with E-state index < -0.39 is 23.5 Å². The van der Waals surface area contributed by atoms with E-state index in [0.717, 1.165) is 17.2 Å². The van der Waals surface area contributed by atoms with Gasteiger partial charge in [-0.2, -0.15) is 0 Å². The molecule has 0 saturated carbocycles. The summed E-state index contributed by atoms with van der Waals surface area (Å²) in [4.78, 5) is 31.4. The fraction of sp³-hybridized carbons (Fsp3) is 0.125. The zero-order chi connectivity index (χ0) is 22.3. The number of hydrogen-bond donors (Lipinski definition) is 1. The quantitative estimate of drug-likeness (QED) is 0.351. The Balaban J connectivity index is 1.95. The van der Waals surface area contributed by atoms with Crippen LogP contribution in [-0.2, 0) is 9.59 Å². The van der Waals surface area contributed by atoms with Gasteiger partial charge in [-0.15, -0.1) is 0 Å². The van der Waals surface area contributed by atoms with Crippen molar-refractivity contribution in [3.05, 3.63) is 99.6 Å². The lowest BCUT2D eigenvalue weighted by Crippen LogP contribution is -2.29. The lowest BCUT2D eigenvalue weighted by Gasteiger charge is -2.25. The number of carbonyl (C=O) groups is 2. The van der Waals surface area contributed by atoms with Crippen LogP contribution in [0.25, 0.3) is 5.76 Å². The van der Waals surface area contributed by atoms with E-state index in [0.29, 0.717) is 11.1 Å². The number of amides is 1. The first-order valence-corrected chi connectivity index (χ1v) is 9.91. The molecule has 1 amide bonds. The first kappa shape index (κ1) is 20.8. The molecule has 1 saturated heterocycles. The van der Waals surface area contributed by atoms with Crippen LogP contribution in [0.2, 0.25) is 5.02 Å². The topological polar surface area (TPSA) is 70.5 Å². The van der Waals surface area contributed by atoms with Gasteiger partial charge in [-0.05, 0) is 60.9 Å². The fourth-order valence-corrected chi connectivity index (χ4v) is 3.81. The van der Waals surface area contributed by atoms with Crippen LogP contribution in [-0.4, -0.2) is 21.8 Å². The van der Waals surface area contributed by atoms with Crippen molar-refractivity contribution in [2.45, 2.75) is 19.9 Å². The number of halogens is 2. The van der Waals surface area contributed by atoms with Gasteiger partial charge in [0.2, 0.25) is 0 Å². The van der Waals surface area contributed by atoms with Crippen LogP contribution in [0.4, 0.5) is 10.1 Å². The molecule has 1 fully saturated rings. The second-order valence-corrected chi connectivity index (χ2v) is 7.76. The minimum Gasteiger partial charge on any atom is -0.507 e. The maximum atomic E-state index is 13.7. The Bertz CT molecular complexity index is 1240. The highest BCUT2D eigenvalue weighted by atomic mass is 35.5. The summed E-state index contributed by atoms with van der Waals surface area (Å²) in [7, 11) is 0. The van der Waals surface area contributed by atoms with Gasteiger partial charge in [0.05, 0.1) is 16.6 Å². The van der Waals surface area contributed by atoms with Gasteiger partial charge in [-0.1, -0.05) is 29.8 Å². The number of aryl methyl sites for hydroxylation is 2. The number of anilines is 1. The molecule has 5 nitrogen and oxygen atoms in total. The van der Waals surface area contributed by atoms with E-state index in [1.54, 1.807) is 30.5 Å². The van der Waals surface area contributed by atoms with E-state index in [4.69, 9.17) is 11.6 Å². The third-order valence-corrected chi connectivity index (χ3v) is 5.70. The monoisotopic (exact) mass is 436 g/mol. The molecule has 1 aliphatic rings. The molecule has 0 radical (unpaired) electrons. The Morgan fingerprint density at radius 1 is 1.10 bits per heavy atom. The van der Waals surface area contributed by atoms with E-state index in [-0.39, 0.29) is 22.0 Å². The van der Waals surface area contributed by atoms with Crippen molar-refractivity contribution in [3.8, 4) is 0 Å². The van der Waals surface area contributed by atoms with Crippen LogP contribution in [0, 0.1) is 19.7 Å². The second kappa shape index (κ2) is 7.96. The zero-order valence-corrected chi connectivity index (χ0v) is 17.5. The molecule has 156 valence electrons. The number of ketones is 1. The first-order chi connectivity index (χ1) is 14.8. The molecule has 2 aromatic carbocycles. The highest BCUT2D eigenvalue weighted by molar-refractivity contribution is 6.51. The van der Waals surface area contributed by atoms with Gasteiger partial charge in [0, 0.05) is 23.6 Å². The summed E-state index contributed by atoms with van der Waals surface area (Å²) < 4.78 is 13.7. The van der Waals surface area contributed by atoms with Gasteiger partial charge >= 0.3 is 0 Å². The number of aliphatic hydroxyl groups excluding tert-OH is 1. The Hall–Kier alpha value is -3.51. The third kappa shape index (κ3) is 3.59. The van der Waals surface area contributed by atoms with Gasteiger partial charge in [0.25, 0.3) is 11.7 Å². The van der Waals surface area contributed by atoms with E-state index in [9.17, 15) is 19.1 Å². The number of Topliss-reactive ketones (excluding diaryl/α,β-unsaturated/α-hetero) is 1. The number of hydrogen-bond acceptors (Lipinski definition) is 4. The zero-order valence-electron chi connectivity index (χ0n) is 16.8. The summed E-state index contributed by atoms with van der Waals surface area (Å²) in [6.45, 7) is 3.83. The highest BCUT2D eigenvalue weighted by Gasteiger charge is 2.47.